The summed E-state index contributed by atoms with van der Waals surface area (Å²) < 4.78 is 24.9. The summed E-state index contributed by atoms with van der Waals surface area (Å²) in [6.07, 6.45) is -0.853. The van der Waals surface area contributed by atoms with Crippen LogP contribution in [0.4, 0.5) is 5.69 Å². The standard InChI is InChI=1S/C42H59ClN2O9/c1-14-36(49)53-27(6)40(7,8)41(9,10)45-31-17-24(3)30(43)21-29(31)42(11,37-26(5)23(2)18-32(51-12)38(37)52-13)54-33(39(45)50)22-34(46)44-16-15-28(19-25(44)4)20-35(47)48/h17-18,21,25,27-28,33H,14-16,19-20,22H2,1-13H3,(H,47,48)/t25?,27?,28?,33-,42+/m1/s1. The van der Waals surface area contributed by atoms with Crippen LogP contribution in [0, 0.1) is 32.1 Å². The molecule has 11 nitrogen and oxygen atoms in total. The predicted octanol–water partition coefficient (Wildman–Crippen LogP) is 7.92. The van der Waals surface area contributed by atoms with Crippen LogP contribution in [0.3, 0.4) is 0 Å². The minimum atomic E-state index is -1.42. The molecule has 298 valence electrons. The van der Waals surface area contributed by atoms with Crippen LogP contribution in [-0.2, 0) is 34.3 Å². The number of nitrogens with zero attached hydrogens (tertiary/aromatic N) is 2. The smallest absolute Gasteiger partial charge is 0.305 e. The summed E-state index contributed by atoms with van der Waals surface area (Å²) in [7, 11) is 3.11. The number of carboxylic acid groups (broad SMARTS) is 1. The zero-order valence-corrected chi connectivity index (χ0v) is 35.0. The molecule has 2 aliphatic rings. The van der Waals surface area contributed by atoms with Crippen molar-refractivity contribution in [1.29, 1.82) is 0 Å². The van der Waals surface area contributed by atoms with Gasteiger partial charge >= 0.3 is 11.9 Å². The molecule has 0 spiro atoms. The number of fused-ring (bicyclic) bond motifs is 1. The first kappa shape index (κ1) is 42.9. The van der Waals surface area contributed by atoms with Gasteiger partial charge in [-0.1, -0.05) is 32.4 Å². The van der Waals surface area contributed by atoms with Crippen LogP contribution >= 0.6 is 11.6 Å². The molecule has 0 saturated carbocycles. The molecule has 2 amide bonds. The van der Waals surface area contributed by atoms with Gasteiger partial charge in [-0.15, -0.1) is 0 Å². The van der Waals surface area contributed by atoms with Gasteiger partial charge in [-0.2, -0.15) is 0 Å². The lowest BCUT2D eigenvalue weighted by atomic mass is 9.69. The highest BCUT2D eigenvalue weighted by molar-refractivity contribution is 6.31. The number of hydrogen-bond acceptors (Lipinski definition) is 8. The number of methoxy groups -OCH3 is 2. The molecule has 1 saturated heterocycles. The van der Waals surface area contributed by atoms with Crippen LogP contribution in [0.1, 0.15) is 115 Å². The zero-order chi connectivity index (χ0) is 40.7. The normalized spacial score (nSPS) is 22.6. The molecule has 1 N–H and O–H groups in total. The van der Waals surface area contributed by atoms with Crippen LogP contribution < -0.4 is 14.4 Å². The molecular formula is C42H59ClN2O9. The molecule has 5 atom stereocenters. The molecule has 54 heavy (non-hydrogen) atoms. The number of piperidine rings is 1. The van der Waals surface area contributed by atoms with E-state index in [0.717, 1.165) is 16.7 Å². The fourth-order valence-corrected chi connectivity index (χ4v) is 8.31. The maximum absolute atomic E-state index is 15.5. The van der Waals surface area contributed by atoms with Crippen molar-refractivity contribution in [3.8, 4) is 11.5 Å². The minimum Gasteiger partial charge on any atom is -0.493 e. The molecule has 1 fully saturated rings. The van der Waals surface area contributed by atoms with Gasteiger partial charge in [0.2, 0.25) is 5.91 Å². The summed E-state index contributed by atoms with van der Waals surface area (Å²) >= 11 is 6.94. The monoisotopic (exact) mass is 770 g/mol. The van der Waals surface area contributed by atoms with Gasteiger partial charge in [-0.3, -0.25) is 19.2 Å². The number of carbonyl (C=O) groups excluding carboxylic acids is 3. The maximum Gasteiger partial charge on any atom is 0.305 e. The summed E-state index contributed by atoms with van der Waals surface area (Å²) in [5.74, 6) is -1.07. The van der Waals surface area contributed by atoms with Crippen molar-refractivity contribution in [3.05, 3.63) is 51.0 Å². The summed E-state index contributed by atoms with van der Waals surface area (Å²) in [5, 5.41) is 9.87. The average molecular weight is 771 g/mol. The molecule has 0 aliphatic carbocycles. The molecule has 3 unspecified atom stereocenters. The Kier molecular flexibility index (Phi) is 12.8. The lowest BCUT2D eigenvalue weighted by Gasteiger charge is -2.51. The number of anilines is 1. The third-order valence-electron chi connectivity index (χ3n) is 12.4. The third kappa shape index (κ3) is 7.81. The SMILES string of the molecule is CCC(=O)OC(C)C(C)(C)C(C)(C)N1C(=O)[C@@H](CC(=O)N2CCC(CC(=O)O)CC2C)O[C@](C)(c2c(C)c(C)cc(OC)c2OC)c2cc(Cl)c(C)cc21. The quantitative estimate of drug-likeness (QED) is 0.214. The molecule has 0 bridgehead atoms. The minimum absolute atomic E-state index is 0.0438. The fourth-order valence-electron chi connectivity index (χ4n) is 8.15. The van der Waals surface area contributed by atoms with E-state index < -0.39 is 40.6 Å². The first-order valence-electron chi connectivity index (χ1n) is 18.8. The molecule has 2 aromatic carbocycles. The second kappa shape index (κ2) is 16.1. The van der Waals surface area contributed by atoms with Gasteiger partial charge in [-0.25, -0.2) is 0 Å². The van der Waals surface area contributed by atoms with E-state index in [2.05, 4.69) is 0 Å². The predicted molar refractivity (Wildman–Crippen MR) is 208 cm³/mol. The molecular weight excluding hydrogens is 712 g/mol. The number of amides is 2. The van der Waals surface area contributed by atoms with Crippen molar-refractivity contribution in [2.75, 3.05) is 25.7 Å². The Bertz CT molecular complexity index is 1790. The fraction of sp³-hybridized carbons (Fsp3) is 0.619. The summed E-state index contributed by atoms with van der Waals surface area (Å²) in [6.45, 7) is 21.3. The van der Waals surface area contributed by atoms with E-state index in [9.17, 15) is 19.5 Å². The van der Waals surface area contributed by atoms with Gasteiger partial charge < -0.3 is 33.9 Å². The van der Waals surface area contributed by atoms with E-state index in [1.54, 1.807) is 30.9 Å². The molecule has 2 aliphatic heterocycles. The van der Waals surface area contributed by atoms with Gasteiger partial charge in [0, 0.05) is 47.0 Å². The number of ether oxygens (including phenoxy) is 4. The average Bonchev–Trinajstić information content (AvgIpc) is 3.17. The number of rotatable bonds is 12. The first-order chi connectivity index (χ1) is 25.1. The van der Waals surface area contributed by atoms with E-state index in [-0.39, 0.29) is 43.1 Å². The Hall–Kier alpha value is -3.83. The van der Waals surface area contributed by atoms with Crippen molar-refractivity contribution in [2.24, 2.45) is 11.3 Å². The van der Waals surface area contributed by atoms with Crippen LogP contribution in [0.25, 0.3) is 0 Å². The molecule has 2 aromatic rings. The number of benzene rings is 2. The number of halogens is 1. The van der Waals surface area contributed by atoms with Crippen molar-refractivity contribution < 1.29 is 43.2 Å². The highest BCUT2D eigenvalue weighted by Crippen LogP contribution is 2.54. The van der Waals surface area contributed by atoms with Gasteiger partial charge in [0.25, 0.3) is 5.91 Å². The number of aliphatic carboxylic acids is 1. The summed E-state index contributed by atoms with van der Waals surface area (Å²) in [6, 6.07) is 5.36. The number of carbonyl (C=O) groups is 4. The number of hydrogen-bond donors (Lipinski definition) is 1. The Morgan fingerprint density at radius 1 is 1.06 bits per heavy atom. The summed E-state index contributed by atoms with van der Waals surface area (Å²) in [5.41, 5.74) is 0.917. The van der Waals surface area contributed by atoms with E-state index in [4.69, 9.17) is 30.5 Å². The third-order valence-corrected chi connectivity index (χ3v) is 12.9. The van der Waals surface area contributed by atoms with E-state index in [1.807, 2.05) is 87.4 Å². The van der Waals surface area contributed by atoms with Crippen molar-refractivity contribution in [2.45, 2.75) is 138 Å². The Balaban J connectivity index is 2.01. The lowest BCUT2D eigenvalue weighted by molar-refractivity contribution is -0.158. The van der Waals surface area contributed by atoms with Crippen molar-refractivity contribution in [1.82, 2.24) is 4.90 Å². The number of esters is 1. The molecule has 4 rings (SSSR count). The maximum atomic E-state index is 15.5. The Labute approximate surface area is 325 Å². The van der Waals surface area contributed by atoms with E-state index in [0.29, 0.717) is 52.7 Å². The van der Waals surface area contributed by atoms with E-state index in [1.165, 1.54) is 0 Å². The van der Waals surface area contributed by atoms with Crippen molar-refractivity contribution in [3.63, 3.8) is 0 Å². The number of likely N-dealkylation sites (tertiary alicyclic amines) is 1. The zero-order valence-electron chi connectivity index (χ0n) is 34.3. The Morgan fingerprint density at radius 3 is 2.26 bits per heavy atom. The largest absolute Gasteiger partial charge is 0.493 e. The highest BCUT2D eigenvalue weighted by atomic mass is 35.5. The van der Waals surface area contributed by atoms with Gasteiger partial charge in [0.05, 0.1) is 31.9 Å². The second-order valence-corrected chi connectivity index (χ2v) is 16.7. The van der Waals surface area contributed by atoms with Crippen molar-refractivity contribution >= 4 is 41.0 Å². The number of carboxylic acids is 1. The molecule has 0 aromatic heterocycles. The molecule has 2 heterocycles. The summed E-state index contributed by atoms with van der Waals surface area (Å²) in [4.78, 5) is 57.4. The highest BCUT2D eigenvalue weighted by Gasteiger charge is 2.55. The Morgan fingerprint density at radius 2 is 1.70 bits per heavy atom. The van der Waals surface area contributed by atoms with E-state index >= 15 is 4.79 Å². The van der Waals surface area contributed by atoms with Crippen LogP contribution in [0.15, 0.2) is 18.2 Å². The molecule has 0 radical (unpaired) electrons. The van der Waals surface area contributed by atoms with Crippen LogP contribution in [-0.4, -0.2) is 78.3 Å². The van der Waals surface area contributed by atoms with Crippen LogP contribution in [0.2, 0.25) is 5.02 Å². The first-order valence-corrected chi connectivity index (χ1v) is 19.2. The van der Waals surface area contributed by atoms with Crippen LogP contribution in [0.5, 0.6) is 11.5 Å². The molecule has 12 heteroatoms. The van der Waals surface area contributed by atoms with Gasteiger partial charge in [0.1, 0.15) is 17.8 Å². The number of aryl methyl sites for hydroxylation is 2. The second-order valence-electron chi connectivity index (χ2n) is 16.3. The topological polar surface area (TPSA) is 132 Å². The van der Waals surface area contributed by atoms with Gasteiger partial charge in [0.15, 0.2) is 11.5 Å². The lowest BCUT2D eigenvalue weighted by Crippen LogP contribution is -2.62. The van der Waals surface area contributed by atoms with Gasteiger partial charge in [-0.05, 0) is 109 Å².